The summed E-state index contributed by atoms with van der Waals surface area (Å²) in [6.45, 7) is 4.30. The monoisotopic (exact) mass is 489 g/mol. The maximum absolute atomic E-state index is 13.5. The Morgan fingerprint density at radius 3 is 2.73 bits per heavy atom. The summed E-state index contributed by atoms with van der Waals surface area (Å²) in [5, 5.41) is 0.726. The molecule has 1 aromatic heterocycles. The Labute approximate surface area is 190 Å². The molecule has 0 radical (unpaired) electrons. The van der Waals surface area contributed by atoms with Crippen LogP contribution in [0.1, 0.15) is 36.5 Å². The number of halogens is 1. The summed E-state index contributed by atoms with van der Waals surface area (Å²) in [4.78, 5) is 22.1. The summed E-state index contributed by atoms with van der Waals surface area (Å²) in [5.41, 5.74) is 1.52. The highest BCUT2D eigenvalue weighted by molar-refractivity contribution is 9.10. The average molecular weight is 490 g/mol. The molecule has 0 saturated heterocycles. The molecule has 1 heterocycles. The van der Waals surface area contributed by atoms with Gasteiger partial charge in [0.25, 0.3) is 5.91 Å². The molecule has 7 heteroatoms. The van der Waals surface area contributed by atoms with Gasteiger partial charge in [-0.25, -0.2) is 4.98 Å². The first kappa shape index (κ1) is 22.7. The molecular formula is C23H28BrN3O2S. The van der Waals surface area contributed by atoms with Gasteiger partial charge in [-0.15, -0.1) is 0 Å². The van der Waals surface area contributed by atoms with Crippen LogP contribution in [0.15, 0.2) is 46.9 Å². The zero-order valence-corrected chi connectivity index (χ0v) is 20.1. The number of aromatic nitrogens is 1. The number of hydrogen-bond acceptors (Lipinski definition) is 5. The molecule has 30 heavy (non-hydrogen) atoms. The Morgan fingerprint density at radius 2 is 1.97 bits per heavy atom. The van der Waals surface area contributed by atoms with E-state index < -0.39 is 0 Å². The highest BCUT2D eigenvalue weighted by atomic mass is 79.9. The van der Waals surface area contributed by atoms with E-state index in [-0.39, 0.29) is 5.91 Å². The van der Waals surface area contributed by atoms with Gasteiger partial charge in [-0.2, -0.15) is 0 Å². The first-order valence-corrected chi connectivity index (χ1v) is 11.8. The van der Waals surface area contributed by atoms with Crippen LogP contribution >= 0.6 is 27.3 Å². The SMILES string of the molecule is CCCCOc1cccc(C(=O)N(CCCN(C)C)c2nc3ccc(Br)cc3s2)c1. The summed E-state index contributed by atoms with van der Waals surface area (Å²) in [7, 11) is 4.08. The standard InChI is InChI=1S/C23H28BrN3O2S/c1-4-5-14-29-19-9-6-8-17(15-19)22(28)27(13-7-12-26(2)3)23-25-20-11-10-18(24)16-21(20)30-23/h6,8-11,15-16H,4-5,7,12-14H2,1-3H3. The van der Waals surface area contributed by atoms with Gasteiger partial charge < -0.3 is 9.64 Å². The largest absolute Gasteiger partial charge is 0.494 e. The van der Waals surface area contributed by atoms with Gasteiger partial charge in [0.05, 0.1) is 16.8 Å². The molecule has 0 saturated carbocycles. The molecule has 1 amide bonds. The van der Waals surface area contributed by atoms with Crippen LogP contribution in [0.4, 0.5) is 5.13 Å². The number of amides is 1. The fourth-order valence-electron chi connectivity index (χ4n) is 3.04. The van der Waals surface area contributed by atoms with Crippen molar-refractivity contribution in [1.29, 1.82) is 0 Å². The number of ether oxygens (including phenoxy) is 1. The fourth-order valence-corrected chi connectivity index (χ4v) is 4.58. The van der Waals surface area contributed by atoms with E-state index in [1.54, 1.807) is 16.2 Å². The minimum Gasteiger partial charge on any atom is -0.494 e. The van der Waals surface area contributed by atoms with E-state index in [1.807, 2.05) is 56.6 Å². The summed E-state index contributed by atoms with van der Waals surface area (Å²) in [5.74, 6) is 0.684. The first-order chi connectivity index (χ1) is 14.5. The van der Waals surface area contributed by atoms with Gasteiger partial charge in [0.1, 0.15) is 5.75 Å². The number of hydrogen-bond donors (Lipinski definition) is 0. The molecule has 0 atom stereocenters. The minimum absolute atomic E-state index is 0.0483. The lowest BCUT2D eigenvalue weighted by atomic mass is 10.2. The number of benzene rings is 2. The van der Waals surface area contributed by atoms with Crippen molar-refractivity contribution in [1.82, 2.24) is 9.88 Å². The number of carbonyl (C=O) groups is 1. The molecule has 3 aromatic rings. The Bertz CT molecular complexity index is 989. The van der Waals surface area contributed by atoms with E-state index in [4.69, 9.17) is 9.72 Å². The van der Waals surface area contributed by atoms with Crippen molar-refractivity contribution in [2.45, 2.75) is 26.2 Å². The zero-order valence-electron chi connectivity index (χ0n) is 17.7. The Morgan fingerprint density at radius 1 is 1.13 bits per heavy atom. The molecule has 0 unspecified atom stereocenters. The predicted molar refractivity (Wildman–Crippen MR) is 129 cm³/mol. The van der Waals surface area contributed by atoms with Crippen LogP contribution in [-0.2, 0) is 0 Å². The maximum atomic E-state index is 13.5. The number of thiazole rings is 1. The molecule has 0 spiro atoms. The molecule has 2 aromatic carbocycles. The van der Waals surface area contributed by atoms with Crippen molar-refractivity contribution in [3.05, 3.63) is 52.5 Å². The van der Waals surface area contributed by atoms with Crippen molar-refractivity contribution in [2.75, 3.05) is 38.7 Å². The fraction of sp³-hybridized carbons (Fsp3) is 0.391. The van der Waals surface area contributed by atoms with E-state index in [0.29, 0.717) is 18.7 Å². The molecule has 0 N–H and O–H groups in total. The smallest absolute Gasteiger partial charge is 0.260 e. The normalized spacial score (nSPS) is 11.2. The van der Waals surface area contributed by atoms with Gasteiger partial charge in [0, 0.05) is 16.6 Å². The lowest BCUT2D eigenvalue weighted by Crippen LogP contribution is -2.33. The minimum atomic E-state index is -0.0483. The molecule has 0 aliphatic heterocycles. The van der Waals surface area contributed by atoms with Gasteiger partial charge in [-0.05, 0) is 69.9 Å². The van der Waals surface area contributed by atoms with E-state index >= 15 is 0 Å². The third-order valence-corrected chi connectivity index (χ3v) is 6.18. The second kappa shape index (κ2) is 10.9. The van der Waals surface area contributed by atoms with Gasteiger partial charge in [-0.1, -0.05) is 46.7 Å². The number of rotatable bonds is 10. The Hall–Kier alpha value is -1.96. The van der Waals surface area contributed by atoms with Crippen LogP contribution in [-0.4, -0.2) is 49.6 Å². The topological polar surface area (TPSA) is 45.7 Å². The maximum Gasteiger partial charge on any atom is 0.260 e. The second-order valence-electron chi connectivity index (χ2n) is 7.45. The summed E-state index contributed by atoms with van der Waals surface area (Å²) in [6.07, 6.45) is 2.94. The van der Waals surface area contributed by atoms with E-state index in [2.05, 4.69) is 27.8 Å². The number of unbranched alkanes of at least 4 members (excludes halogenated alkanes) is 1. The summed E-state index contributed by atoms with van der Waals surface area (Å²) >= 11 is 5.06. The van der Waals surface area contributed by atoms with Crippen LogP contribution < -0.4 is 9.64 Å². The number of fused-ring (bicyclic) bond motifs is 1. The van der Waals surface area contributed by atoms with Gasteiger partial charge in [0.2, 0.25) is 0 Å². The lowest BCUT2D eigenvalue weighted by Gasteiger charge is -2.21. The zero-order chi connectivity index (χ0) is 21.5. The Balaban J connectivity index is 1.87. The lowest BCUT2D eigenvalue weighted by molar-refractivity contribution is 0.0985. The van der Waals surface area contributed by atoms with Crippen molar-refractivity contribution in [3.8, 4) is 5.75 Å². The molecule has 160 valence electrons. The molecular weight excluding hydrogens is 462 g/mol. The van der Waals surface area contributed by atoms with Gasteiger partial charge in [-0.3, -0.25) is 9.69 Å². The summed E-state index contributed by atoms with van der Waals surface area (Å²) in [6, 6.07) is 13.4. The van der Waals surface area contributed by atoms with Crippen molar-refractivity contribution in [3.63, 3.8) is 0 Å². The van der Waals surface area contributed by atoms with Gasteiger partial charge >= 0.3 is 0 Å². The van der Waals surface area contributed by atoms with Crippen molar-refractivity contribution in [2.24, 2.45) is 0 Å². The average Bonchev–Trinajstić information content (AvgIpc) is 3.13. The van der Waals surface area contributed by atoms with E-state index in [1.165, 1.54) is 0 Å². The third-order valence-electron chi connectivity index (χ3n) is 4.65. The summed E-state index contributed by atoms with van der Waals surface area (Å²) < 4.78 is 7.86. The van der Waals surface area contributed by atoms with Crippen LogP contribution in [0, 0.1) is 0 Å². The van der Waals surface area contributed by atoms with Gasteiger partial charge in [0.15, 0.2) is 5.13 Å². The highest BCUT2D eigenvalue weighted by Crippen LogP contribution is 2.32. The first-order valence-electron chi connectivity index (χ1n) is 10.2. The third kappa shape index (κ3) is 6.03. The molecule has 0 bridgehead atoms. The van der Waals surface area contributed by atoms with Crippen molar-refractivity contribution < 1.29 is 9.53 Å². The molecule has 0 aliphatic rings. The second-order valence-corrected chi connectivity index (χ2v) is 9.38. The highest BCUT2D eigenvalue weighted by Gasteiger charge is 2.21. The van der Waals surface area contributed by atoms with E-state index in [9.17, 15) is 4.79 Å². The van der Waals surface area contributed by atoms with Crippen LogP contribution in [0.5, 0.6) is 5.75 Å². The quantitative estimate of drug-likeness (QED) is 0.335. The van der Waals surface area contributed by atoms with Crippen LogP contribution in [0.2, 0.25) is 0 Å². The molecule has 0 aliphatic carbocycles. The molecule has 0 fully saturated rings. The Kier molecular flexibility index (Phi) is 8.24. The molecule has 3 rings (SSSR count). The molecule has 5 nitrogen and oxygen atoms in total. The van der Waals surface area contributed by atoms with Crippen LogP contribution in [0.3, 0.4) is 0 Å². The van der Waals surface area contributed by atoms with Crippen molar-refractivity contribution >= 4 is 48.5 Å². The predicted octanol–water partition coefficient (Wildman–Crippen LogP) is 5.84. The van der Waals surface area contributed by atoms with Crippen LogP contribution in [0.25, 0.3) is 10.2 Å². The number of anilines is 1. The number of nitrogens with zero attached hydrogens (tertiary/aromatic N) is 3. The van der Waals surface area contributed by atoms with E-state index in [0.717, 1.165) is 51.4 Å². The number of carbonyl (C=O) groups excluding carboxylic acids is 1.